The second kappa shape index (κ2) is 8.23. The SMILES string of the molecule is C1CSCO1.O=C(Nc1ccnc(=O)[nH]1)c1ccccc1. The Morgan fingerprint density at radius 2 is 2.10 bits per heavy atom. The fraction of sp³-hybridized carbons (Fsp3) is 0.214. The molecule has 6 nitrogen and oxygen atoms in total. The lowest BCUT2D eigenvalue weighted by Crippen LogP contribution is -2.17. The quantitative estimate of drug-likeness (QED) is 0.882. The van der Waals surface area contributed by atoms with E-state index < -0.39 is 5.69 Å². The molecule has 0 unspecified atom stereocenters. The highest BCUT2D eigenvalue weighted by Gasteiger charge is 2.04. The summed E-state index contributed by atoms with van der Waals surface area (Å²) >= 11 is 1.85. The Kier molecular flexibility index (Phi) is 5.99. The van der Waals surface area contributed by atoms with Gasteiger partial charge in [0.25, 0.3) is 5.91 Å². The molecule has 2 aromatic rings. The first-order valence-electron chi connectivity index (χ1n) is 6.33. The number of aromatic amines is 1. The van der Waals surface area contributed by atoms with Gasteiger partial charge in [-0.15, -0.1) is 11.8 Å². The third-order valence-electron chi connectivity index (χ3n) is 2.50. The molecule has 0 bridgehead atoms. The van der Waals surface area contributed by atoms with E-state index in [0.29, 0.717) is 11.4 Å². The fourth-order valence-electron chi connectivity index (χ4n) is 1.52. The van der Waals surface area contributed by atoms with E-state index in [4.69, 9.17) is 4.74 Å². The molecule has 0 saturated carbocycles. The number of nitrogens with zero attached hydrogens (tertiary/aromatic N) is 1. The molecule has 0 atom stereocenters. The highest BCUT2D eigenvalue weighted by molar-refractivity contribution is 7.99. The smallest absolute Gasteiger partial charge is 0.346 e. The van der Waals surface area contributed by atoms with E-state index in [2.05, 4.69) is 15.3 Å². The van der Waals surface area contributed by atoms with Crippen molar-refractivity contribution in [1.82, 2.24) is 9.97 Å². The number of ether oxygens (including phenoxy) is 1. The monoisotopic (exact) mass is 305 g/mol. The molecular formula is C14H15N3O3S. The van der Waals surface area contributed by atoms with Crippen LogP contribution in [-0.4, -0.2) is 34.2 Å². The normalized spacial score (nSPS) is 13.1. The third-order valence-corrected chi connectivity index (χ3v) is 3.29. The average Bonchev–Trinajstić information content (AvgIpc) is 3.08. The van der Waals surface area contributed by atoms with Crippen molar-refractivity contribution in [2.45, 2.75) is 0 Å². The van der Waals surface area contributed by atoms with Crippen molar-refractivity contribution >= 4 is 23.5 Å². The van der Waals surface area contributed by atoms with Gasteiger partial charge in [-0.05, 0) is 18.2 Å². The zero-order valence-electron chi connectivity index (χ0n) is 11.2. The first kappa shape index (κ1) is 15.3. The number of anilines is 1. The van der Waals surface area contributed by atoms with Gasteiger partial charge in [-0.2, -0.15) is 0 Å². The van der Waals surface area contributed by atoms with Crippen LogP contribution in [0.1, 0.15) is 10.4 Å². The van der Waals surface area contributed by atoms with E-state index in [1.807, 2.05) is 17.8 Å². The largest absolute Gasteiger partial charge is 0.370 e. The zero-order chi connectivity index (χ0) is 14.9. The molecule has 0 radical (unpaired) electrons. The summed E-state index contributed by atoms with van der Waals surface area (Å²) < 4.78 is 4.91. The predicted molar refractivity (Wildman–Crippen MR) is 82.5 cm³/mol. The number of hydrogen-bond acceptors (Lipinski definition) is 5. The Morgan fingerprint density at radius 1 is 1.29 bits per heavy atom. The molecule has 0 spiro atoms. The summed E-state index contributed by atoms with van der Waals surface area (Å²) in [6, 6.07) is 10.3. The minimum Gasteiger partial charge on any atom is -0.370 e. The maximum atomic E-state index is 11.7. The van der Waals surface area contributed by atoms with E-state index in [1.165, 1.54) is 18.0 Å². The topological polar surface area (TPSA) is 84.1 Å². The Hall–Kier alpha value is -2.12. The van der Waals surface area contributed by atoms with Crippen molar-refractivity contribution in [2.75, 3.05) is 23.6 Å². The van der Waals surface area contributed by atoms with E-state index in [0.717, 1.165) is 12.5 Å². The molecule has 2 N–H and O–H groups in total. The number of nitrogens with one attached hydrogen (secondary N) is 2. The summed E-state index contributed by atoms with van der Waals surface area (Å²) in [5.41, 5.74) is 0.0334. The Labute approximate surface area is 125 Å². The van der Waals surface area contributed by atoms with Crippen LogP contribution in [0.25, 0.3) is 0 Å². The lowest BCUT2D eigenvalue weighted by atomic mass is 10.2. The second-order valence-corrected chi connectivity index (χ2v) is 5.10. The number of carbonyl (C=O) groups is 1. The number of amides is 1. The molecule has 0 aliphatic carbocycles. The first-order chi connectivity index (χ1) is 10.3. The number of thioether (sulfide) groups is 1. The van der Waals surface area contributed by atoms with Gasteiger partial charge in [0.05, 0.1) is 12.5 Å². The lowest BCUT2D eigenvalue weighted by molar-refractivity contribution is 0.102. The van der Waals surface area contributed by atoms with Gasteiger partial charge in [-0.3, -0.25) is 9.78 Å². The highest BCUT2D eigenvalue weighted by Crippen LogP contribution is 2.06. The van der Waals surface area contributed by atoms with Crippen LogP contribution in [0.4, 0.5) is 5.82 Å². The van der Waals surface area contributed by atoms with Gasteiger partial charge in [0.15, 0.2) is 0 Å². The summed E-state index contributed by atoms with van der Waals surface area (Å²) in [5.74, 6) is 2.16. The number of H-pyrrole nitrogens is 1. The summed E-state index contributed by atoms with van der Waals surface area (Å²) in [4.78, 5) is 28.4. The summed E-state index contributed by atoms with van der Waals surface area (Å²) in [7, 11) is 0. The molecule has 1 fully saturated rings. The Bertz CT molecular complexity index is 619. The molecule has 1 aromatic carbocycles. The highest BCUT2D eigenvalue weighted by atomic mass is 32.2. The van der Waals surface area contributed by atoms with Crippen LogP contribution in [-0.2, 0) is 4.74 Å². The molecule has 1 aliphatic heterocycles. The molecule has 1 aliphatic rings. The predicted octanol–water partition coefficient (Wildman–Crippen LogP) is 1.73. The van der Waals surface area contributed by atoms with Crippen molar-refractivity contribution < 1.29 is 9.53 Å². The number of rotatable bonds is 2. The van der Waals surface area contributed by atoms with Crippen LogP contribution in [0.2, 0.25) is 0 Å². The average molecular weight is 305 g/mol. The van der Waals surface area contributed by atoms with Crippen LogP contribution < -0.4 is 11.0 Å². The van der Waals surface area contributed by atoms with E-state index in [9.17, 15) is 9.59 Å². The van der Waals surface area contributed by atoms with Gasteiger partial charge in [0, 0.05) is 17.5 Å². The van der Waals surface area contributed by atoms with Gasteiger partial charge in [-0.25, -0.2) is 9.78 Å². The van der Waals surface area contributed by atoms with Crippen LogP contribution in [0, 0.1) is 0 Å². The third kappa shape index (κ3) is 5.41. The van der Waals surface area contributed by atoms with Crippen molar-refractivity contribution in [2.24, 2.45) is 0 Å². The van der Waals surface area contributed by atoms with E-state index in [1.54, 1.807) is 24.3 Å². The molecular weight excluding hydrogens is 290 g/mol. The molecule has 21 heavy (non-hydrogen) atoms. The Balaban J connectivity index is 0.000000272. The minimum atomic E-state index is -0.495. The van der Waals surface area contributed by atoms with Crippen molar-refractivity contribution in [3.63, 3.8) is 0 Å². The Morgan fingerprint density at radius 3 is 2.67 bits per heavy atom. The van der Waals surface area contributed by atoms with E-state index in [-0.39, 0.29) is 5.91 Å². The van der Waals surface area contributed by atoms with Gasteiger partial charge in [0.2, 0.25) is 0 Å². The molecule has 1 saturated heterocycles. The molecule has 1 aromatic heterocycles. The van der Waals surface area contributed by atoms with Crippen molar-refractivity contribution in [1.29, 1.82) is 0 Å². The van der Waals surface area contributed by atoms with Gasteiger partial charge < -0.3 is 10.1 Å². The number of hydrogen-bond donors (Lipinski definition) is 2. The molecule has 110 valence electrons. The fourth-order valence-corrected chi connectivity index (χ4v) is 2.11. The second-order valence-electron chi connectivity index (χ2n) is 4.04. The molecule has 7 heteroatoms. The standard InChI is InChI=1S/C11H9N3O2.C3H6OS/c15-10(8-4-2-1-3-5-8)13-9-6-7-12-11(16)14-9;1-2-5-3-4-1/h1-7H,(H2,12,13,14,15,16);1-3H2. The number of carbonyl (C=O) groups excluding carboxylic acids is 1. The van der Waals surface area contributed by atoms with E-state index >= 15 is 0 Å². The molecule has 2 heterocycles. The summed E-state index contributed by atoms with van der Waals surface area (Å²) in [6.45, 7) is 0.963. The summed E-state index contributed by atoms with van der Waals surface area (Å²) in [5, 5.41) is 2.56. The van der Waals surface area contributed by atoms with Crippen molar-refractivity contribution in [3.8, 4) is 0 Å². The van der Waals surface area contributed by atoms with Gasteiger partial charge in [-0.1, -0.05) is 18.2 Å². The van der Waals surface area contributed by atoms with Gasteiger partial charge >= 0.3 is 5.69 Å². The minimum absolute atomic E-state index is 0.276. The molecule has 1 amide bonds. The van der Waals surface area contributed by atoms with Crippen LogP contribution in [0.3, 0.4) is 0 Å². The van der Waals surface area contributed by atoms with Crippen LogP contribution in [0.5, 0.6) is 0 Å². The first-order valence-corrected chi connectivity index (χ1v) is 7.48. The molecule has 3 rings (SSSR count). The number of aromatic nitrogens is 2. The summed E-state index contributed by atoms with van der Waals surface area (Å²) in [6.07, 6.45) is 1.33. The number of benzene rings is 1. The van der Waals surface area contributed by atoms with Crippen molar-refractivity contribution in [3.05, 3.63) is 58.6 Å². The maximum Gasteiger partial charge on any atom is 0.346 e. The van der Waals surface area contributed by atoms with Gasteiger partial charge in [0.1, 0.15) is 5.82 Å². The van der Waals surface area contributed by atoms with Crippen LogP contribution >= 0.6 is 11.8 Å². The van der Waals surface area contributed by atoms with Crippen LogP contribution in [0.15, 0.2) is 47.4 Å². The zero-order valence-corrected chi connectivity index (χ0v) is 12.1. The lowest BCUT2D eigenvalue weighted by Gasteiger charge is -2.03. The maximum absolute atomic E-state index is 11.7.